The number of nitrogens with zero attached hydrogens (tertiary/aromatic N) is 2. The fourth-order valence-electron chi connectivity index (χ4n) is 3.59. The summed E-state index contributed by atoms with van der Waals surface area (Å²) in [5, 5.41) is 2.84. The quantitative estimate of drug-likeness (QED) is 0.839. The summed E-state index contributed by atoms with van der Waals surface area (Å²) in [6.45, 7) is 7.53. The smallest absolute Gasteiger partial charge is 0.245 e. The van der Waals surface area contributed by atoms with Gasteiger partial charge in [0.05, 0.1) is 0 Å². The highest BCUT2D eigenvalue weighted by Crippen LogP contribution is 2.12. The fraction of sp³-hybridized carbons (Fsp3) is 0.391. The van der Waals surface area contributed by atoms with E-state index < -0.39 is 6.04 Å². The minimum Gasteiger partial charge on any atom is -0.344 e. The van der Waals surface area contributed by atoms with Crippen LogP contribution in [-0.4, -0.2) is 53.8 Å². The first kappa shape index (κ1) is 20.1. The van der Waals surface area contributed by atoms with Crippen molar-refractivity contribution in [1.29, 1.82) is 0 Å². The highest BCUT2D eigenvalue weighted by molar-refractivity contribution is 5.87. The lowest BCUT2D eigenvalue weighted by molar-refractivity contribution is -0.137. The Kier molecular flexibility index (Phi) is 6.82. The van der Waals surface area contributed by atoms with Gasteiger partial charge >= 0.3 is 0 Å². The molecule has 1 heterocycles. The van der Waals surface area contributed by atoms with Gasteiger partial charge in [-0.3, -0.25) is 14.5 Å². The molecule has 0 aromatic heterocycles. The lowest BCUT2D eigenvalue weighted by Crippen LogP contribution is -2.55. The Morgan fingerprint density at radius 2 is 1.57 bits per heavy atom. The molecular formula is C23H29N3O2. The summed E-state index contributed by atoms with van der Waals surface area (Å²) in [6, 6.07) is 17.9. The van der Waals surface area contributed by atoms with Crippen molar-refractivity contribution in [2.75, 3.05) is 26.2 Å². The Hall–Kier alpha value is -2.66. The molecule has 5 nitrogen and oxygen atoms in total. The third-order valence-electron chi connectivity index (χ3n) is 5.17. The lowest BCUT2D eigenvalue weighted by atomic mass is 10.0. The van der Waals surface area contributed by atoms with Gasteiger partial charge < -0.3 is 10.2 Å². The van der Waals surface area contributed by atoms with E-state index in [0.717, 1.165) is 25.2 Å². The van der Waals surface area contributed by atoms with Gasteiger partial charge in [-0.25, -0.2) is 0 Å². The number of aryl methyl sites for hydroxylation is 1. The van der Waals surface area contributed by atoms with Crippen molar-refractivity contribution in [3.8, 4) is 0 Å². The standard InChI is InChI=1S/C23H29N3O2/c1-18-8-10-21(11-9-18)17-25-12-14-26(15-13-25)23(28)22(24-19(2)27)16-20-6-4-3-5-7-20/h3-11,22H,12-17H2,1-2H3,(H,24,27). The molecule has 0 saturated carbocycles. The number of rotatable bonds is 6. The van der Waals surface area contributed by atoms with Crippen LogP contribution in [0.2, 0.25) is 0 Å². The Morgan fingerprint density at radius 3 is 2.18 bits per heavy atom. The molecule has 2 amide bonds. The number of carbonyl (C=O) groups excluding carboxylic acids is 2. The molecule has 28 heavy (non-hydrogen) atoms. The zero-order valence-corrected chi connectivity index (χ0v) is 16.7. The summed E-state index contributed by atoms with van der Waals surface area (Å²) in [5.74, 6) is -0.165. The molecule has 0 bridgehead atoms. The molecule has 2 aromatic carbocycles. The molecule has 5 heteroatoms. The second-order valence-corrected chi connectivity index (χ2v) is 7.53. The average molecular weight is 380 g/mol. The van der Waals surface area contributed by atoms with Crippen LogP contribution in [0.3, 0.4) is 0 Å². The van der Waals surface area contributed by atoms with Gasteiger partial charge in [-0.1, -0.05) is 60.2 Å². The van der Waals surface area contributed by atoms with Gasteiger partial charge in [0.15, 0.2) is 0 Å². The summed E-state index contributed by atoms with van der Waals surface area (Å²) in [5.41, 5.74) is 3.61. The number of carbonyl (C=O) groups is 2. The summed E-state index contributed by atoms with van der Waals surface area (Å²) >= 11 is 0. The number of piperazine rings is 1. The first-order chi connectivity index (χ1) is 13.5. The fourth-order valence-corrected chi connectivity index (χ4v) is 3.59. The van der Waals surface area contributed by atoms with E-state index in [2.05, 4.69) is 41.4 Å². The molecule has 0 spiro atoms. The van der Waals surface area contributed by atoms with E-state index in [1.54, 1.807) is 0 Å². The number of hydrogen-bond acceptors (Lipinski definition) is 3. The van der Waals surface area contributed by atoms with Crippen LogP contribution in [0.25, 0.3) is 0 Å². The van der Waals surface area contributed by atoms with Crippen LogP contribution in [0.1, 0.15) is 23.6 Å². The van der Waals surface area contributed by atoms with Crippen molar-refractivity contribution in [3.63, 3.8) is 0 Å². The molecule has 2 aromatic rings. The molecule has 1 fully saturated rings. The summed E-state index contributed by atoms with van der Waals surface area (Å²) < 4.78 is 0. The predicted molar refractivity (Wildman–Crippen MR) is 111 cm³/mol. The number of hydrogen-bond donors (Lipinski definition) is 1. The SMILES string of the molecule is CC(=O)NC(Cc1ccccc1)C(=O)N1CCN(Cc2ccc(C)cc2)CC1. The van der Waals surface area contributed by atoms with E-state index in [1.807, 2.05) is 35.2 Å². The molecule has 1 unspecified atom stereocenters. The van der Waals surface area contributed by atoms with Crippen LogP contribution in [0.5, 0.6) is 0 Å². The van der Waals surface area contributed by atoms with Crippen molar-refractivity contribution >= 4 is 11.8 Å². The van der Waals surface area contributed by atoms with Gasteiger partial charge in [0.25, 0.3) is 0 Å². The Morgan fingerprint density at radius 1 is 0.929 bits per heavy atom. The van der Waals surface area contributed by atoms with Crippen LogP contribution < -0.4 is 5.32 Å². The van der Waals surface area contributed by atoms with Crippen molar-refractivity contribution in [2.24, 2.45) is 0 Å². The monoisotopic (exact) mass is 379 g/mol. The van der Waals surface area contributed by atoms with E-state index >= 15 is 0 Å². The van der Waals surface area contributed by atoms with Crippen molar-refractivity contribution in [1.82, 2.24) is 15.1 Å². The molecule has 1 atom stereocenters. The largest absolute Gasteiger partial charge is 0.344 e. The molecule has 1 N–H and O–H groups in total. The molecule has 0 aliphatic carbocycles. The highest BCUT2D eigenvalue weighted by atomic mass is 16.2. The molecule has 0 radical (unpaired) electrons. The van der Waals surface area contributed by atoms with Gasteiger partial charge in [-0.05, 0) is 18.1 Å². The third-order valence-corrected chi connectivity index (χ3v) is 5.17. The third kappa shape index (κ3) is 5.67. The van der Waals surface area contributed by atoms with E-state index in [9.17, 15) is 9.59 Å². The summed E-state index contributed by atoms with van der Waals surface area (Å²) in [7, 11) is 0. The maximum atomic E-state index is 13.0. The number of amides is 2. The normalized spacial score (nSPS) is 15.9. The summed E-state index contributed by atoms with van der Waals surface area (Å²) in [4.78, 5) is 28.9. The molecule has 3 rings (SSSR count). The van der Waals surface area contributed by atoms with Crippen molar-refractivity contribution in [2.45, 2.75) is 32.9 Å². The van der Waals surface area contributed by atoms with E-state index in [0.29, 0.717) is 19.5 Å². The number of benzene rings is 2. The van der Waals surface area contributed by atoms with Crippen LogP contribution in [0.4, 0.5) is 0 Å². The van der Waals surface area contributed by atoms with Gasteiger partial charge in [0.1, 0.15) is 6.04 Å². The minimum absolute atomic E-state index is 0.00837. The van der Waals surface area contributed by atoms with Crippen LogP contribution in [0, 0.1) is 6.92 Å². The van der Waals surface area contributed by atoms with E-state index in [4.69, 9.17) is 0 Å². The minimum atomic E-state index is -0.511. The van der Waals surface area contributed by atoms with Gasteiger partial charge in [0.2, 0.25) is 11.8 Å². The zero-order chi connectivity index (χ0) is 19.9. The first-order valence-electron chi connectivity index (χ1n) is 9.89. The second-order valence-electron chi connectivity index (χ2n) is 7.53. The molecule has 1 aliphatic rings. The van der Waals surface area contributed by atoms with E-state index in [1.165, 1.54) is 18.1 Å². The van der Waals surface area contributed by atoms with Gasteiger partial charge in [-0.15, -0.1) is 0 Å². The summed E-state index contributed by atoms with van der Waals surface area (Å²) in [6.07, 6.45) is 0.517. The van der Waals surface area contributed by atoms with Crippen LogP contribution in [-0.2, 0) is 22.6 Å². The number of nitrogens with one attached hydrogen (secondary N) is 1. The molecular weight excluding hydrogens is 350 g/mol. The topological polar surface area (TPSA) is 52.7 Å². The average Bonchev–Trinajstić information content (AvgIpc) is 2.70. The maximum absolute atomic E-state index is 13.0. The Balaban J connectivity index is 1.56. The first-order valence-corrected chi connectivity index (χ1v) is 9.89. The maximum Gasteiger partial charge on any atom is 0.245 e. The molecule has 1 saturated heterocycles. The second kappa shape index (κ2) is 9.51. The van der Waals surface area contributed by atoms with Crippen LogP contribution >= 0.6 is 0 Å². The highest BCUT2D eigenvalue weighted by Gasteiger charge is 2.28. The predicted octanol–water partition coefficient (Wildman–Crippen LogP) is 2.39. The lowest BCUT2D eigenvalue weighted by Gasteiger charge is -2.36. The zero-order valence-electron chi connectivity index (χ0n) is 16.7. The van der Waals surface area contributed by atoms with E-state index in [-0.39, 0.29) is 11.8 Å². The molecule has 148 valence electrons. The van der Waals surface area contributed by atoms with Gasteiger partial charge in [-0.2, -0.15) is 0 Å². The van der Waals surface area contributed by atoms with Crippen LogP contribution in [0.15, 0.2) is 54.6 Å². The van der Waals surface area contributed by atoms with Gasteiger partial charge in [0, 0.05) is 46.1 Å². The Bertz CT molecular complexity index is 781. The molecule has 1 aliphatic heterocycles. The van der Waals surface area contributed by atoms with Crippen molar-refractivity contribution in [3.05, 3.63) is 71.3 Å². The van der Waals surface area contributed by atoms with Crippen molar-refractivity contribution < 1.29 is 9.59 Å². The Labute approximate surface area is 167 Å².